The van der Waals surface area contributed by atoms with Crippen molar-refractivity contribution < 1.29 is 17.9 Å². The summed E-state index contributed by atoms with van der Waals surface area (Å²) in [6.07, 6.45) is -2.79. The monoisotopic (exact) mass is 369 g/mol. The molecule has 0 aliphatic heterocycles. The van der Waals surface area contributed by atoms with Gasteiger partial charge in [-0.2, -0.15) is 18.3 Å². The fourth-order valence-corrected chi connectivity index (χ4v) is 3.03. The molecule has 0 unspecified atom stereocenters. The van der Waals surface area contributed by atoms with Gasteiger partial charge in [0, 0.05) is 11.8 Å². The summed E-state index contributed by atoms with van der Waals surface area (Å²) in [7, 11) is 1.58. The molecule has 136 valence electrons. The van der Waals surface area contributed by atoms with E-state index in [0.717, 1.165) is 23.3 Å². The largest absolute Gasteiger partial charge is 0.497 e. The third-order valence-corrected chi connectivity index (χ3v) is 4.31. The summed E-state index contributed by atoms with van der Waals surface area (Å²) in [6.45, 7) is 0. The molecular weight excluding hydrogens is 355 g/mol. The lowest BCUT2D eigenvalue weighted by Gasteiger charge is -2.09. The van der Waals surface area contributed by atoms with Crippen molar-refractivity contribution in [2.24, 2.45) is 0 Å². The van der Waals surface area contributed by atoms with Crippen LogP contribution in [0.25, 0.3) is 33.4 Å². The number of methoxy groups -OCH3 is 1. The van der Waals surface area contributed by atoms with Gasteiger partial charge in [-0.1, -0.05) is 24.3 Å². The van der Waals surface area contributed by atoms with Gasteiger partial charge in [-0.25, -0.2) is 4.98 Å². The Morgan fingerprint density at radius 1 is 0.963 bits per heavy atom. The van der Waals surface area contributed by atoms with Gasteiger partial charge in [0.1, 0.15) is 11.4 Å². The van der Waals surface area contributed by atoms with Crippen LogP contribution in [0.5, 0.6) is 5.75 Å². The minimum absolute atomic E-state index is 0.369. The molecule has 27 heavy (non-hydrogen) atoms. The first-order valence-electron chi connectivity index (χ1n) is 8.12. The molecule has 1 N–H and O–H groups in total. The van der Waals surface area contributed by atoms with Gasteiger partial charge in [0.2, 0.25) is 0 Å². The van der Waals surface area contributed by atoms with E-state index in [2.05, 4.69) is 15.2 Å². The molecular formula is C20H14F3N3O. The summed E-state index contributed by atoms with van der Waals surface area (Å²) in [4.78, 5) is 4.26. The van der Waals surface area contributed by atoms with Gasteiger partial charge in [-0.15, -0.1) is 0 Å². The van der Waals surface area contributed by atoms with E-state index in [-0.39, 0.29) is 0 Å². The predicted molar refractivity (Wildman–Crippen MR) is 96.3 cm³/mol. The first kappa shape index (κ1) is 17.1. The number of benzene rings is 2. The molecule has 0 saturated heterocycles. The molecule has 0 radical (unpaired) electrons. The van der Waals surface area contributed by atoms with Crippen molar-refractivity contribution in [3.05, 3.63) is 66.4 Å². The molecule has 2 aromatic heterocycles. The van der Waals surface area contributed by atoms with E-state index < -0.39 is 11.7 Å². The van der Waals surface area contributed by atoms with Crippen molar-refractivity contribution in [1.82, 2.24) is 15.2 Å². The Balaban J connectivity index is 1.94. The number of nitrogens with one attached hydrogen (secondary N) is 1. The predicted octanol–water partition coefficient (Wildman–Crippen LogP) is 5.32. The molecule has 0 aliphatic carbocycles. The zero-order valence-corrected chi connectivity index (χ0v) is 14.2. The molecule has 4 nitrogen and oxygen atoms in total. The number of alkyl halides is 3. The van der Waals surface area contributed by atoms with Crippen molar-refractivity contribution in [1.29, 1.82) is 0 Å². The third-order valence-electron chi connectivity index (χ3n) is 4.31. The quantitative estimate of drug-likeness (QED) is 0.532. The van der Waals surface area contributed by atoms with E-state index in [1.807, 2.05) is 30.3 Å². The number of ether oxygens (including phenoxy) is 1. The van der Waals surface area contributed by atoms with Crippen molar-refractivity contribution in [2.75, 3.05) is 7.11 Å². The fraction of sp³-hybridized carbons (Fsp3) is 0.100. The first-order valence-corrected chi connectivity index (χ1v) is 8.12. The maximum absolute atomic E-state index is 13.1. The standard InChI is InChI=1S/C20H14F3N3O/c1-27-15-7-3-4-12(11-15)16-8-9-24-19-17(16)18(25-26-19)13-5-2-6-14(10-13)20(21,22)23/h2-11H,1H3,(H,24,25,26). The molecule has 0 amide bonds. The smallest absolute Gasteiger partial charge is 0.416 e. The number of pyridine rings is 1. The molecule has 4 rings (SSSR count). The Bertz CT molecular complexity index is 1120. The van der Waals surface area contributed by atoms with Gasteiger partial charge in [0.05, 0.1) is 18.1 Å². The lowest BCUT2D eigenvalue weighted by molar-refractivity contribution is -0.137. The lowest BCUT2D eigenvalue weighted by Crippen LogP contribution is -2.04. The zero-order chi connectivity index (χ0) is 19.0. The Hall–Kier alpha value is -3.35. The highest BCUT2D eigenvalue weighted by Gasteiger charge is 2.30. The minimum Gasteiger partial charge on any atom is -0.497 e. The van der Waals surface area contributed by atoms with E-state index in [0.29, 0.717) is 28.0 Å². The maximum Gasteiger partial charge on any atom is 0.416 e. The Morgan fingerprint density at radius 3 is 2.52 bits per heavy atom. The van der Waals surface area contributed by atoms with E-state index in [9.17, 15) is 13.2 Å². The second kappa shape index (κ2) is 6.42. The van der Waals surface area contributed by atoms with Gasteiger partial charge in [0.15, 0.2) is 5.65 Å². The number of fused-ring (bicyclic) bond motifs is 1. The summed E-state index contributed by atoms with van der Waals surface area (Å²) in [6, 6.07) is 14.4. The van der Waals surface area contributed by atoms with Gasteiger partial charge in [-0.3, -0.25) is 5.10 Å². The van der Waals surface area contributed by atoms with Crippen LogP contribution < -0.4 is 4.74 Å². The summed E-state index contributed by atoms with van der Waals surface area (Å²) in [5, 5.41) is 7.70. The van der Waals surface area contributed by atoms with Gasteiger partial charge < -0.3 is 4.74 Å². The first-order chi connectivity index (χ1) is 13.0. The number of hydrogen-bond donors (Lipinski definition) is 1. The third kappa shape index (κ3) is 3.12. The van der Waals surface area contributed by atoms with Crippen LogP contribution in [-0.2, 0) is 6.18 Å². The molecule has 0 bridgehead atoms. The molecule has 2 heterocycles. The van der Waals surface area contributed by atoms with Crippen LogP contribution in [0.4, 0.5) is 13.2 Å². The minimum atomic E-state index is -4.42. The van der Waals surface area contributed by atoms with Crippen LogP contribution in [-0.4, -0.2) is 22.3 Å². The number of halogens is 3. The number of rotatable bonds is 3. The van der Waals surface area contributed by atoms with E-state index in [1.54, 1.807) is 19.4 Å². The molecule has 0 spiro atoms. The number of hydrogen-bond acceptors (Lipinski definition) is 3. The van der Waals surface area contributed by atoms with Crippen LogP contribution >= 0.6 is 0 Å². The number of aromatic amines is 1. The highest BCUT2D eigenvalue weighted by Crippen LogP contribution is 2.37. The highest BCUT2D eigenvalue weighted by molar-refractivity contribution is 6.02. The van der Waals surface area contributed by atoms with E-state index in [1.165, 1.54) is 6.07 Å². The van der Waals surface area contributed by atoms with Crippen molar-refractivity contribution in [2.45, 2.75) is 6.18 Å². The average Bonchev–Trinajstić information content (AvgIpc) is 3.12. The van der Waals surface area contributed by atoms with Crippen LogP contribution in [0.15, 0.2) is 60.8 Å². The average molecular weight is 369 g/mol. The summed E-state index contributed by atoms with van der Waals surface area (Å²) in [5.41, 5.74) is 2.23. The van der Waals surface area contributed by atoms with Crippen LogP contribution in [0, 0.1) is 0 Å². The Morgan fingerprint density at radius 2 is 1.74 bits per heavy atom. The van der Waals surface area contributed by atoms with Gasteiger partial charge >= 0.3 is 6.18 Å². The van der Waals surface area contributed by atoms with Crippen LogP contribution in [0.2, 0.25) is 0 Å². The highest BCUT2D eigenvalue weighted by atomic mass is 19.4. The van der Waals surface area contributed by atoms with Gasteiger partial charge in [0.25, 0.3) is 0 Å². The van der Waals surface area contributed by atoms with E-state index in [4.69, 9.17) is 4.74 Å². The fourth-order valence-electron chi connectivity index (χ4n) is 3.03. The summed E-state index contributed by atoms with van der Waals surface area (Å²) < 4.78 is 44.6. The number of H-pyrrole nitrogens is 1. The number of nitrogens with zero attached hydrogens (tertiary/aromatic N) is 2. The molecule has 0 fully saturated rings. The van der Waals surface area contributed by atoms with Crippen LogP contribution in [0.1, 0.15) is 5.56 Å². The van der Waals surface area contributed by atoms with Crippen molar-refractivity contribution in [3.8, 4) is 28.1 Å². The normalized spacial score (nSPS) is 11.7. The SMILES string of the molecule is COc1cccc(-c2ccnc3[nH]nc(-c4cccc(C(F)(F)F)c4)c23)c1. The molecule has 0 aliphatic rings. The van der Waals surface area contributed by atoms with Crippen LogP contribution in [0.3, 0.4) is 0 Å². The maximum atomic E-state index is 13.1. The summed E-state index contributed by atoms with van der Waals surface area (Å²) in [5.74, 6) is 0.682. The second-order valence-electron chi connectivity index (χ2n) is 5.96. The molecule has 7 heteroatoms. The topological polar surface area (TPSA) is 50.8 Å². The Labute approximate surface area is 152 Å². The summed E-state index contributed by atoms with van der Waals surface area (Å²) >= 11 is 0. The van der Waals surface area contributed by atoms with Crippen molar-refractivity contribution >= 4 is 11.0 Å². The second-order valence-corrected chi connectivity index (χ2v) is 5.96. The Kier molecular flexibility index (Phi) is 4.07. The van der Waals surface area contributed by atoms with E-state index >= 15 is 0 Å². The number of aromatic nitrogens is 3. The molecule has 2 aromatic carbocycles. The van der Waals surface area contributed by atoms with Gasteiger partial charge in [-0.05, 0) is 41.5 Å². The molecule has 0 atom stereocenters. The molecule has 4 aromatic rings. The zero-order valence-electron chi connectivity index (χ0n) is 14.2. The lowest BCUT2D eigenvalue weighted by atomic mass is 9.98. The van der Waals surface area contributed by atoms with Crippen molar-refractivity contribution in [3.63, 3.8) is 0 Å². The molecule has 0 saturated carbocycles.